The van der Waals surface area contributed by atoms with Crippen LogP contribution in [0.4, 0.5) is 0 Å². The number of phenols is 2. The monoisotopic (exact) mass is 354 g/mol. The van der Waals surface area contributed by atoms with Gasteiger partial charge in [-0.2, -0.15) is 0 Å². The predicted molar refractivity (Wildman–Crippen MR) is 94.3 cm³/mol. The molecule has 1 spiro atoms. The number of fused-ring (bicyclic) bond motifs is 3. The standard InChI is InChI=1S/C21H22O5/c22-14-3-1-13(2-4-14)20-18-12-21(24-9-10-25-21)8-7-16(18)17-11-15(23)5-6-19(17)26-20/h1-6,11,16,18,20,22-23H,7-10,12H2/t16-,18-,20?/m1/s1. The summed E-state index contributed by atoms with van der Waals surface area (Å²) in [7, 11) is 0. The molecule has 0 radical (unpaired) electrons. The molecule has 3 atom stereocenters. The molecule has 2 aliphatic heterocycles. The zero-order valence-corrected chi connectivity index (χ0v) is 14.4. The molecule has 2 aromatic rings. The molecule has 1 aliphatic carbocycles. The minimum Gasteiger partial charge on any atom is -0.508 e. The Kier molecular flexibility index (Phi) is 3.62. The first-order valence-electron chi connectivity index (χ1n) is 9.20. The Morgan fingerprint density at radius 1 is 0.923 bits per heavy atom. The molecule has 2 heterocycles. The van der Waals surface area contributed by atoms with Crippen LogP contribution in [0.25, 0.3) is 0 Å². The Morgan fingerprint density at radius 2 is 1.65 bits per heavy atom. The lowest BCUT2D eigenvalue weighted by molar-refractivity contribution is -0.199. The van der Waals surface area contributed by atoms with E-state index in [1.165, 1.54) is 0 Å². The van der Waals surface area contributed by atoms with Gasteiger partial charge < -0.3 is 24.4 Å². The largest absolute Gasteiger partial charge is 0.508 e. The van der Waals surface area contributed by atoms with Crippen molar-refractivity contribution in [1.29, 1.82) is 0 Å². The normalized spacial score (nSPS) is 29.0. The summed E-state index contributed by atoms with van der Waals surface area (Å²) in [6.07, 6.45) is 2.41. The van der Waals surface area contributed by atoms with E-state index >= 15 is 0 Å². The van der Waals surface area contributed by atoms with Gasteiger partial charge in [-0.15, -0.1) is 0 Å². The van der Waals surface area contributed by atoms with E-state index in [2.05, 4.69) is 0 Å². The lowest BCUT2D eigenvalue weighted by atomic mass is 9.68. The van der Waals surface area contributed by atoms with E-state index in [4.69, 9.17) is 14.2 Å². The molecular formula is C21H22O5. The van der Waals surface area contributed by atoms with Gasteiger partial charge in [-0.05, 0) is 48.2 Å². The fourth-order valence-corrected chi connectivity index (χ4v) is 4.79. The molecule has 1 saturated heterocycles. The highest BCUT2D eigenvalue weighted by atomic mass is 16.7. The van der Waals surface area contributed by atoms with E-state index in [1.54, 1.807) is 18.2 Å². The molecule has 0 amide bonds. The van der Waals surface area contributed by atoms with Crippen LogP contribution >= 0.6 is 0 Å². The van der Waals surface area contributed by atoms with Crippen LogP contribution < -0.4 is 4.74 Å². The van der Waals surface area contributed by atoms with Crippen LogP contribution in [0.15, 0.2) is 42.5 Å². The average molecular weight is 354 g/mol. The second-order valence-corrected chi connectivity index (χ2v) is 7.47. The zero-order chi connectivity index (χ0) is 17.7. The molecule has 5 heteroatoms. The van der Waals surface area contributed by atoms with Crippen LogP contribution in [0.3, 0.4) is 0 Å². The molecule has 1 saturated carbocycles. The van der Waals surface area contributed by atoms with Crippen molar-refractivity contribution in [3.63, 3.8) is 0 Å². The van der Waals surface area contributed by atoms with Gasteiger partial charge in [-0.3, -0.25) is 0 Å². The maximum absolute atomic E-state index is 9.96. The van der Waals surface area contributed by atoms with Gasteiger partial charge >= 0.3 is 0 Å². The van der Waals surface area contributed by atoms with Crippen molar-refractivity contribution < 1.29 is 24.4 Å². The SMILES string of the molecule is Oc1ccc(C2Oc3ccc(O)cc3[C@H]3CCC4(C[C@@H]23)OCCO4)cc1. The Bertz CT molecular complexity index is 810. The highest BCUT2D eigenvalue weighted by Crippen LogP contribution is 2.56. The number of ether oxygens (including phenoxy) is 3. The number of benzene rings is 2. The molecule has 26 heavy (non-hydrogen) atoms. The lowest BCUT2D eigenvalue weighted by Crippen LogP contribution is -2.44. The van der Waals surface area contributed by atoms with Crippen molar-refractivity contribution in [2.75, 3.05) is 13.2 Å². The van der Waals surface area contributed by atoms with Crippen LogP contribution in [0, 0.1) is 5.92 Å². The van der Waals surface area contributed by atoms with Crippen molar-refractivity contribution in [3.8, 4) is 17.2 Å². The summed E-state index contributed by atoms with van der Waals surface area (Å²) in [5.41, 5.74) is 2.10. The molecule has 5 nitrogen and oxygen atoms in total. The quantitative estimate of drug-likeness (QED) is 0.814. The van der Waals surface area contributed by atoms with Gasteiger partial charge in [0, 0.05) is 24.3 Å². The summed E-state index contributed by atoms with van der Waals surface area (Å²) in [5, 5.41) is 19.6. The molecule has 5 rings (SSSR count). The molecule has 136 valence electrons. The molecule has 2 fully saturated rings. The molecular weight excluding hydrogens is 332 g/mol. The first-order chi connectivity index (χ1) is 12.6. The van der Waals surface area contributed by atoms with E-state index < -0.39 is 5.79 Å². The summed E-state index contributed by atoms with van der Waals surface area (Å²) in [5.74, 6) is 1.29. The van der Waals surface area contributed by atoms with Gasteiger partial charge in [0.2, 0.25) is 0 Å². The topological polar surface area (TPSA) is 68.2 Å². The molecule has 0 aromatic heterocycles. The van der Waals surface area contributed by atoms with Gasteiger partial charge in [0.15, 0.2) is 5.79 Å². The van der Waals surface area contributed by atoms with Gasteiger partial charge in [0.25, 0.3) is 0 Å². The minimum atomic E-state index is -0.506. The lowest BCUT2D eigenvalue weighted by Gasteiger charge is -2.47. The van der Waals surface area contributed by atoms with E-state index in [0.29, 0.717) is 13.2 Å². The third-order valence-corrected chi connectivity index (χ3v) is 5.97. The number of hydrogen-bond donors (Lipinski definition) is 2. The Labute approximate surface area is 152 Å². The molecule has 3 aliphatic rings. The van der Waals surface area contributed by atoms with E-state index in [9.17, 15) is 10.2 Å². The first kappa shape index (κ1) is 16.0. The molecule has 2 aromatic carbocycles. The van der Waals surface area contributed by atoms with Crippen LogP contribution in [-0.2, 0) is 9.47 Å². The second kappa shape index (κ2) is 5.89. The summed E-state index contributed by atoms with van der Waals surface area (Å²) >= 11 is 0. The van der Waals surface area contributed by atoms with Crippen LogP contribution in [0.5, 0.6) is 17.2 Å². The van der Waals surface area contributed by atoms with Crippen molar-refractivity contribution >= 4 is 0 Å². The number of hydrogen-bond acceptors (Lipinski definition) is 5. The van der Waals surface area contributed by atoms with Crippen molar-refractivity contribution in [2.24, 2.45) is 5.92 Å². The van der Waals surface area contributed by atoms with E-state index in [1.807, 2.05) is 24.3 Å². The van der Waals surface area contributed by atoms with Crippen LogP contribution in [0.1, 0.15) is 42.4 Å². The fourth-order valence-electron chi connectivity index (χ4n) is 4.79. The number of aromatic hydroxyl groups is 2. The molecule has 0 bridgehead atoms. The highest BCUT2D eigenvalue weighted by Gasteiger charge is 2.51. The number of rotatable bonds is 1. The van der Waals surface area contributed by atoms with Crippen molar-refractivity contribution in [2.45, 2.75) is 37.1 Å². The van der Waals surface area contributed by atoms with Gasteiger partial charge in [-0.25, -0.2) is 0 Å². The van der Waals surface area contributed by atoms with E-state index in [0.717, 1.165) is 36.1 Å². The molecule has 2 N–H and O–H groups in total. The van der Waals surface area contributed by atoms with Gasteiger partial charge in [-0.1, -0.05) is 12.1 Å². The summed E-state index contributed by atoms with van der Waals surface area (Å²) in [6, 6.07) is 12.6. The Balaban J connectivity index is 1.57. The number of phenolic OH excluding ortho intramolecular Hbond substituents is 2. The van der Waals surface area contributed by atoms with Gasteiger partial charge in [0.05, 0.1) is 13.2 Å². The van der Waals surface area contributed by atoms with Crippen LogP contribution in [0.2, 0.25) is 0 Å². The average Bonchev–Trinajstić information content (AvgIpc) is 3.09. The molecule has 1 unspecified atom stereocenters. The summed E-state index contributed by atoms with van der Waals surface area (Å²) < 4.78 is 18.3. The minimum absolute atomic E-state index is 0.136. The maximum Gasteiger partial charge on any atom is 0.168 e. The Hall–Kier alpha value is -2.24. The first-order valence-corrected chi connectivity index (χ1v) is 9.20. The summed E-state index contributed by atoms with van der Waals surface area (Å²) in [4.78, 5) is 0. The fraction of sp³-hybridized carbons (Fsp3) is 0.429. The third kappa shape index (κ3) is 2.54. The van der Waals surface area contributed by atoms with Crippen molar-refractivity contribution in [3.05, 3.63) is 53.6 Å². The van der Waals surface area contributed by atoms with E-state index in [-0.39, 0.29) is 29.4 Å². The highest BCUT2D eigenvalue weighted by molar-refractivity contribution is 5.45. The Morgan fingerprint density at radius 3 is 2.42 bits per heavy atom. The maximum atomic E-state index is 9.96. The smallest absolute Gasteiger partial charge is 0.168 e. The van der Waals surface area contributed by atoms with Gasteiger partial charge in [0.1, 0.15) is 23.4 Å². The third-order valence-electron chi connectivity index (χ3n) is 5.97. The van der Waals surface area contributed by atoms with Crippen molar-refractivity contribution in [1.82, 2.24) is 0 Å². The zero-order valence-electron chi connectivity index (χ0n) is 14.4. The second-order valence-electron chi connectivity index (χ2n) is 7.47. The predicted octanol–water partition coefficient (Wildman–Crippen LogP) is 3.86. The summed E-state index contributed by atoms with van der Waals surface area (Å²) in [6.45, 7) is 1.28. The van der Waals surface area contributed by atoms with Crippen LogP contribution in [-0.4, -0.2) is 29.2 Å².